The van der Waals surface area contributed by atoms with Crippen LogP contribution in [-0.4, -0.2) is 25.5 Å². The van der Waals surface area contributed by atoms with Gasteiger partial charge in [0, 0.05) is 12.1 Å². The minimum Gasteiger partial charge on any atom is -0.352 e. The summed E-state index contributed by atoms with van der Waals surface area (Å²) in [7, 11) is 0. The Morgan fingerprint density at radius 2 is 1.96 bits per heavy atom. The third kappa shape index (κ3) is 4.70. The summed E-state index contributed by atoms with van der Waals surface area (Å²) in [6.45, 7) is 5.83. The molecule has 23 heavy (non-hydrogen) atoms. The molecule has 1 aliphatic heterocycles. The fourth-order valence-electron chi connectivity index (χ4n) is 2.83. The standard InChI is InChI=1S/C17H23F3N2O/c1-11(2)10-22-16(23)13-3-4-15(17(18,19)20)14(9-13)12-5-7-21-8-6-12/h3-4,9,11-12,21H,5-8,10H2,1-2H3,(H,22,23). The molecule has 0 atom stereocenters. The lowest BCUT2D eigenvalue weighted by Crippen LogP contribution is -2.29. The predicted molar refractivity (Wildman–Crippen MR) is 83.5 cm³/mol. The van der Waals surface area contributed by atoms with Crippen LogP contribution in [0.2, 0.25) is 0 Å². The molecule has 1 heterocycles. The highest BCUT2D eigenvalue weighted by molar-refractivity contribution is 5.94. The van der Waals surface area contributed by atoms with Gasteiger partial charge < -0.3 is 10.6 Å². The van der Waals surface area contributed by atoms with Gasteiger partial charge in [0.2, 0.25) is 0 Å². The number of benzene rings is 1. The maximum Gasteiger partial charge on any atom is 0.416 e. The zero-order valence-corrected chi connectivity index (χ0v) is 13.5. The molecule has 2 N–H and O–H groups in total. The lowest BCUT2D eigenvalue weighted by atomic mass is 9.85. The van der Waals surface area contributed by atoms with Crippen molar-refractivity contribution in [1.82, 2.24) is 10.6 Å². The van der Waals surface area contributed by atoms with Crippen molar-refractivity contribution in [2.45, 2.75) is 38.8 Å². The number of carbonyl (C=O) groups is 1. The van der Waals surface area contributed by atoms with E-state index in [1.165, 1.54) is 12.1 Å². The molecule has 0 aliphatic carbocycles. The Morgan fingerprint density at radius 1 is 1.30 bits per heavy atom. The van der Waals surface area contributed by atoms with Crippen molar-refractivity contribution >= 4 is 5.91 Å². The Labute approximate surface area is 134 Å². The summed E-state index contributed by atoms with van der Waals surface area (Å²) in [5.74, 6) is -0.189. The van der Waals surface area contributed by atoms with Gasteiger partial charge in [-0.15, -0.1) is 0 Å². The molecule has 0 unspecified atom stereocenters. The third-order valence-corrected chi connectivity index (χ3v) is 4.07. The van der Waals surface area contributed by atoms with Crippen LogP contribution < -0.4 is 10.6 Å². The number of amides is 1. The zero-order valence-electron chi connectivity index (χ0n) is 13.5. The van der Waals surface area contributed by atoms with Gasteiger partial charge in [0.1, 0.15) is 0 Å². The highest BCUT2D eigenvalue weighted by Gasteiger charge is 2.35. The summed E-state index contributed by atoms with van der Waals surface area (Å²) in [5.41, 5.74) is -0.0758. The van der Waals surface area contributed by atoms with E-state index in [9.17, 15) is 18.0 Å². The number of carbonyl (C=O) groups excluding carboxylic acids is 1. The summed E-state index contributed by atoms with van der Waals surface area (Å²) >= 11 is 0. The second-order valence-electron chi connectivity index (χ2n) is 6.43. The van der Waals surface area contributed by atoms with Crippen LogP contribution in [0.15, 0.2) is 18.2 Å². The Balaban J connectivity index is 2.31. The molecule has 1 saturated heterocycles. The van der Waals surface area contributed by atoms with Gasteiger partial charge in [0.25, 0.3) is 5.91 Å². The number of hydrogen-bond donors (Lipinski definition) is 2. The first-order chi connectivity index (χ1) is 10.8. The summed E-state index contributed by atoms with van der Waals surface area (Å²) in [5, 5.41) is 5.91. The smallest absolute Gasteiger partial charge is 0.352 e. The topological polar surface area (TPSA) is 41.1 Å². The second-order valence-corrected chi connectivity index (χ2v) is 6.43. The minimum absolute atomic E-state index is 0.161. The number of halogens is 3. The van der Waals surface area contributed by atoms with Gasteiger partial charge in [-0.1, -0.05) is 13.8 Å². The Morgan fingerprint density at radius 3 is 2.52 bits per heavy atom. The normalized spacial score (nSPS) is 16.6. The van der Waals surface area contributed by atoms with E-state index in [0.717, 1.165) is 6.07 Å². The van der Waals surface area contributed by atoms with Crippen molar-refractivity contribution in [3.63, 3.8) is 0 Å². The van der Waals surface area contributed by atoms with Crippen LogP contribution >= 0.6 is 0 Å². The van der Waals surface area contributed by atoms with Gasteiger partial charge in [0.05, 0.1) is 5.56 Å². The maximum atomic E-state index is 13.3. The molecular formula is C17H23F3N2O. The van der Waals surface area contributed by atoms with Crippen LogP contribution in [0.4, 0.5) is 13.2 Å². The van der Waals surface area contributed by atoms with Gasteiger partial charge in [-0.05, 0) is 61.5 Å². The molecule has 0 aromatic heterocycles. The summed E-state index contributed by atoms with van der Waals surface area (Å²) < 4.78 is 39.8. The lowest BCUT2D eigenvalue weighted by Gasteiger charge is -2.26. The van der Waals surface area contributed by atoms with E-state index in [2.05, 4.69) is 10.6 Å². The first kappa shape index (κ1) is 17.8. The molecule has 3 nitrogen and oxygen atoms in total. The fraction of sp³-hybridized carbons (Fsp3) is 0.588. The molecule has 2 rings (SSSR count). The molecule has 1 aromatic rings. The van der Waals surface area contributed by atoms with Gasteiger partial charge in [0.15, 0.2) is 0 Å². The van der Waals surface area contributed by atoms with Crippen molar-refractivity contribution < 1.29 is 18.0 Å². The van der Waals surface area contributed by atoms with Crippen LogP contribution in [0.25, 0.3) is 0 Å². The van der Waals surface area contributed by atoms with Crippen molar-refractivity contribution in [3.8, 4) is 0 Å². The molecule has 1 aromatic carbocycles. The number of nitrogens with one attached hydrogen (secondary N) is 2. The Bertz CT molecular complexity index is 549. The van der Waals surface area contributed by atoms with E-state index in [1.807, 2.05) is 13.8 Å². The molecule has 0 spiro atoms. The van der Waals surface area contributed by atoms with E-state index in [0.29, 0.717) is 38.0 Å². The first-order valence-electron chi connectivity index (χ1n) is 7.99. The SMILES string of the molecule is CC(C)CNC(=O)c1ccc(C(F)(F)F)c(C2CCNCC2)c1. The van der Waals surface area contributed by atoms with Crippen LogP contribution in [0.1, 0.15) is 54.1 Å². The van der Waals surface area contributed by atoms with Crippen LogP contribution in [0.3, 0.4) is 0 Å². The Hall–Kier alpha value is -1.56. The molecule has 0 bridgehead atoms. The molecule has 0 saturated carbocycles. The molecule has 1 fully saturated rings. The quantitative estimate of drug-likeness (QED) is 0.887. The average Bonchev–Trinajstić information content (AvgIpc) is 2.52. The van der Waals surface area contributed by atoms with Crippen LogP contribution in [0.5, 0.6) is 0 Å². The van der Waals surface area contributed by atoms with Gasteiger partial charge in [-0.2, -0.15) is 13.2 Å². The molecule has 1 aliphatic rings. The van der Waals surface area contributed by atoms with Gasteiger partial charge in [-0.3, -0.25) is 4.79 Å². The highest BCUT2D eigenvalue weighted by Crippen LogP contribution is 2.38. The fourth-order valence-corrected chi connectivity index (χ4v) is 2.83. The molecule has 6 heteroatoms. The van der Waals surface area contributed by atoms with Gasteiger partial charge >= 0.3 is 6.18 Å². The third-order valence-electron chi connectivity index (χ3n) is 4.07. The van der Waals surface area contributed by atoms with Crippen LogP contribution in [0, 0.1) is 5.92 Å². The van der Waals surface area contributed by atoms with Crippen molar-refractivity contribution in [3.05, 3.63) is 34.9 Å². The van der Waals surface area contributed by atoms with Crippen LogP contribution in [-0.2, 0) is 6.18 Å². The first-order valence-corrected chi connectivity index (χ1v) is 7.99. The monoisotopic (exact) mass is 328 g/mol. The Kier molecular flexibility index (Phi) is 5.68. The summed E-state index contributed by atoms with van der Waals surface area (Å²) in [6, 6.07) is 3.74. The zero-order chi connectivity index (χ0) is 17.0. The number of hydrogen-bond acceptors (Lipinski definition) is 2. The molecule has 0 radical (unpaired) electrons. The van der Waals surface area contributed by atoms with E-state index in [4.69, 9.17) is 0 Å². The lowest BCUT2D eigenvalue weighted by molar-refractivity contribution is -0.138. The maximum absolute atomic E-state index is 13.3. The van der Waals surface area contributed by atoms with E-state index in [-0.39, 0.29) is 23.3 Å². The molecule has 128 valence electrons. The van der Waals surface area contributed by atoms with E-state index < -0.39 is 11.7 Å². The number of piperidine rings is 1. The summed E-state index contributed by atoms with van der Waals surface area (Å²) in [4.78, 5) is 12.1. The molecular weight excluding hydrogens is 305 g/mol. The minimum atomic E-state index is -4.40. The second kappa shape index (κ2) is 7.34. The van der Waals surface area contributed by atoms with Crippen molar-refractivity contribution in [1.29, 1.82) is 0 Å². The van der Waals surface area contributed by atoms with Crippen molar-refractivity contribution in [2.75, 3.05) is 19.6 Å². The average molecular weight is 328 g/mol. The van der Waals surface area contributed by atoms with E-state index in [1.54, 1.807) is 0 Å². The van der Waals surface area contributed by atoms with E-state index >= 15 is 0 Å². The molecule has 1 amide bonds. The predicted octanol–water partition coefficient (Wildman–Crippen LogP) is 3.56. The highest BCUT2D eigenvalue weighted by atomic mass is 19.4. The number of rotatable bonds is 4. The summed E-state index contributed by atoms with van der Waals surface area (Å²) in [6.07, 6.45) is -3.09. The van der Waals surface area contributed by atoms with Gasteiger partial charge in [-0.25, -0.2) is 0 Å². The van der Waals surface area contributed by atoms with Crippen molar-refractivity contribution in [2.24, 2.45) is 5.92 Å². The largest absolute Gasteiger partial charge is 0.416 e. The number of alkyl halides is 3.